The average Bonchev–Trinajstić information content (AvgIpc) is 3.21. The topological polar surface area (TPSA) is 35.6 Å². The highest BCUT2D eigenvalue weighted by molar-refractivity contribution is 8.04. The molecule has 1 unspecified atom stereocenters. The van der Waals surface area contributed by atoms with Crippen LogP contribution in [0.5, 0.6) is 0 Å². The van der Waals surface area contributed by atoms with Gasteiger partial charge >= 0.3 is 0 Å². The molecule has 0 bridgehead atoms. The smallest absolute Gasteiger partial charge is 0.264 e. The molecule has 0 spiro atoms. The highest BCUT2D eigenvalue weighted by Gasteiger charge is 2.28. The highest BCUT2D eigenvalue weighted by atomic mass is 35.5. The summed E-state index contributed by atoms with van der Waals surface area (Å²) in [6.07, 6.45) is 3.13. The molecular formula is C22H23Cl2N3OS. The lowest BCUT2D eigenvalue weighted by molar-refractivity contribution is -0.114. The van der Waals surface area contributed by atoms with Gasteiger partial charge in [-0.05, 0) is 43.3 Å². The lowest BCUT2D eigenvalue weighted by Gasteiger charge is -2.29. The van der Waals surface area contributed by atoms with E-state index in [9.17, 15) is 4.79 Å². The number of para-hydroxylation sites is 1. The van der Waals surface area contributed by atoms with E-state index in [2.05, 4.69) is 28.4 Å². The molecule has 152 valence electrons. The van der Waals surface area contributed by atoms with Gasteiger partial charge in [-0.1, -0.05) is 47.5 Å². The summed E-state index contributed by atoms with van der Waals surface area (Å²) in [4.78, 5) is 18.1. The molecule has 7 heteroatoms. The van der Waals surface area contributed by atoms with Crippen molar-refractivity contribution in [3.63, 3.8) is 0 Å². The van der Waals surface area contributed by atoms with Gasteiger partial charge < -0.3 is 15.1 Å². The van der Waals surface area contributed by atoms with Crippen LogP contribution < -0.4 is 15.1 Å². The summed E-state index contributed by atoms with van der Waals surface area (Å²) in [5, 5.41) is 4.24. The molecule has 2 fully saturated rings. The maximum absolute atomic E-state index is 13.2. The summed E-state index contributed by atoms with van der Waals surface area (Å²) < 4.78 is 0. The van der Waals surface area contributed by atoms with Gasteiger partial charge in [0.25, 0.3) is 5.91 Å². The van der Waals surface area contributed by atoms with Crippen molar-refractivity contribution in [3.05, 3.63) is 63.0 Å². The van der Waals surface area contributed by atoms with Gasteiger partial charge in [0, 0.05) is 37.1 Å². The molecule has 1 amide bonds. The molecule has 0 saturated carbocycles. The summed E-state index contributed by atoms with van der Waals surface area (Å²) in [5.74, 6) is 0.781. The van der Waals surface area contributed by atoms with Crippen molar-refractivity contribution in [2.45, 2.75) is 12.5 Å². The normalized spacial score (nSPS) is 21.3. The number of hydrogen-bond donors (Lipinski definition) is 1. The Morgan fingerprint density at radius 1 is 1.10 bits per heavy atom. The molecule has 2 aromatic rings. The molecule has 4 rings (SSSR count). The molecule has 2 aliphatic heterocycles. The van der Waals surface area contributed by atoms with Crippen molar-refractivity contribution in [1.29, 1.82) is 0 Å². The zero-order valence-electron chi connectivity index (χ0n) is 16.2. The molecule has 1 atom stereocenters. The van der Waals surface area contributed by atoms with E-state index in [0.717, 1.165) is 35.7 Å². The Balaban J connectivity index is 1.63. The van der Waals surface area contributed by atoms with E-state index in [1.54, 1.807) is 22.7 Å². The fourth-order valence-electron chi connectivity index (χ4n) is 3.83. The van der Waals surface area contributed by atoms with E-state index >= 15 is 0 Å². The van der Waals surface area contributed by atoms with E-state index < -0.39 is 0 Å². The number of carbonyl (C=O) groups is 1. The zero-order chi connectivity index (χ0) is 20.4. The monoisotopic (exact) mass is 447 g/mol. The minimum atomic E-state index is -0.0326. The second kappa shape index (κ2) is 9.00. The van der Waals surface area contributed by atoms with Crippen molar-refractivity contribution in [1.82, 2.24) is 5.32 Å². The van der Waals surface area contributed by atoms with E-state index in [1.165, 1.54) is 5.69 Å². The van der Waals surface area contributed by atoms with E-state index in [1.807, 2.05) is 31.3 Å². The largest absolute Gasteiger partial charge is 0.369 e. The summed E-state index contributed by atoms with van der Waals surface area (Å²) in [7, 11) is 2.01. The van der Waals surface area contributed by atoms with E-state index in [0.29, 0.717) is 28.3 Å². The number of thioether (sulfide) groups is 1. The van der Waals surface area contributed by atoms with Gasteiger partial charge in [0.15, 0.2) is 0 Å². The molecular weight excluding hydrogens is 425 g/mol. The van der Waals surface area contributed by atoms with Gasteiger partial charge in [-0.25, -0.2) is 0 Å². The van der Waals surface area contributed by atoms with Crippen molar-refractivity contribution < 1.29 is 4.79 Å². The predicted molar refractivity (Wildman–Crippen MR) is 125 cm³/mol. The molecule has 2 aliphatic rings. The van der Waals surface area contributed by atoms with Crippen LogP contribution in [0.15, 0.2) is 47.4 Å². The fraction of sp³-hybridized carbons (Fsp3) is 0.318. The lowest BCUT2D eigenvalue weighted by atomic mass is 10.1. The Kier molecular flexibility index (Phi) is 6.40. The third-order valence-electron chi connectivity index (χ3n) is 5.41. The van der Waals surface area contributed by atoms with Crippen LogP contribution in [0.3, 0.4) is 0 Å². The SMILES string of the molecule is CNC1CCN(c2ccccc2C=C2SCCN(c3cccc(Cl)c3Cl)C2=O)C1. The second-order valence-electron chi connectivity index (χ2n) is 7.17. The number of rotatable bonds is 4. The number of hydrogen-bond acceptors (Lipinski definition) is 4. The first-order valence-corrected chi connectivity index (χ1v) is 11.4. The average molecular weight is 448 g/mol. The Bertz CT molecular complexity index is 949. The van der Waals surface area contributed by atoms with Crippen molar-refractivity contribution in [3.8, 4) is 0 Å². The van der Waals surface area contributed by atoms with Crippen molar-refractivity contribution in [2.24, 2.45) is 0 Å². The minimum absolute atomic E-state index is 0.0326. The van der Waals surface area contributed by atoms with Gasteiger partial charge in [0.2, 0.25) is 0 Å². The lowest BCUT2D eigenvalue weighted by Crippen LogP contribution is -2.37. The number of likely N-dealkylation sites (N-methyl/N-ethyl adjacent to an activating group) is 1. The van der Waals surface area contributed by atoms with Crippen LogP contribution in [0.4, 0.5) is 11.4 Å². The first-order valence-electron chi connectivity index (χ1n) is 9.70. The standard InChI is InChI=1S/C22H23Cl2N3OS/c1-25-16-9-10-26(14-16)18-7-3-2-5-15(18)13-20-22(28)27(11-12-29-20)19-8-4-6-17(23)21(19)24/h2-8,13,16,25H,9-12,14H2,1H3. The van der Waals surface area contributed by atoms with E-state index in [-0.39, 0.29) is 5.91 Å². The maximum atomic E-state index is 13.2. The molecule has 1 N–H and O–H groups in total. The highest BCUT2D eigenvalue weighted by Crippen LogP contribution is 2.37. The molecule has 2 heterocycles. The summed E-state index contributed by atoms with van der Waals surface area (Å²) >= 11 is 14.1. The quantitative estimate of drug-likeness (QED) is 0.675. The third kappa shape index (κ3) is 4.29. The number of anilines is 2. The zero-order valence-corrected chi connectivity index (χ0v) is 18.5. The van der Waals surface area contributed by atoms with Crippen LogP contribution in [-0.2, 0) is 4.79 Å². The fourth-order valence-corrected chi connectivity index (χ4v) is 5.17. The third-order valence-corrected chi connectivity index (χ3v) is 7.21. The van der Waals surface area contributed by atoms with Crippen LogP contribution in [0, 0.1) is 0 Å². The summed E-state index contributed by atoms with van der Waals surface area (Å²) in [6.45, 7) is 2.59. The molecule has 2 saturated heterocycles. The van der Waals surface area contributed by atoms with Crippen LogP contribution in [0.25, 0.3) is 6.08 Å². The second-order valence-corrected chi connectivity index (χ2v) is 9.09. The van der Waals surface area contributed by atoms with Gasteiger partial charge in [0.05, 0.1) is 20.6 Å². The van der Waals surface area contributed by atoms with Gasteiger partial charge in [-0.2, -0.15) is 0 Å². The van der Waals surface area contributed by atoms with Crippen LogP contribution in [-0.4, -0.2) is 44.4 Å². The molecule has 0 aliphatic carbocycles. The molecule has 0 radical (unpaired) electrons. The number of nitrogens with one attached hydrogen (secondary N) is 1. The number of benzene rings is 2. The first kappa shape index (κ1) is 20.6. The number of nitrogens with zero attached hydrogens (tertiary/aromatic N) is 2. The van der Waals surface area contributed by atoms with Crippen LogP contribution in [0.1, 0.15) is 12.0 Å². The Labute approximate surface area is 185 Å². The summed E-state index contributed by atoms with van der Waals surface area (Å²) in [5.41, 5.74) is 2.91. The first-order chi connectivity index (χ1) is 14.1. The Morgan fingerprint density at radius 3 is 2.69 bits per heavy atom. The van der Waals surface area contributed by atoms with Crippen LogP contribution in [0.2, 0.25) is 10.0 Å². The predicted octanol–water partition coefficient (Wildman–Crippen LogP) is 4.91. The van der Waals surface area contributed by atoms with Crippen molar-refractivity contribution in [2.75, 3.05) is 42.2 Å². The van der Waals surface area contributed by atoms with Gasteiger partial charge in [-0.15, -0.1) is 11.8 Å². The molecule has 2 aromatic carbocycles. The van der Waals surface area contributed by atoms with E-state index in [4.69, 9.17) is 23.2 Å². The molecule has 29 heavy (non-hydrogen) atoms. The van der Waals surface area contributed by atoms with Gasteiger partial charge in [0.1, 0.15) is 0 Å². The Hall–Kier alpha value is -1.66. The molecule has 0 aromatic heterocycles. The maximum Gasteiger partial charge on any atom is 0.264 e. The van der Waals surface area contributed by atoms with Gasteiger partial charge in [-0.3, -0.25) is 4.79 Å². The number of halogens is 2. The van der Waals surface area contributed by atoms with Crippen LogP contribution >= 0.6 is 35.0 Å². The Morgan fingerprint density at radius 2 is 1.90 bits per heavy atom. The number of amides is 1. The minimum Gasteiger partial charge on any atom is -0.369 e. The molecule has 4 nitrogen and oxygen atoms in total. The summed E-state index contributed by atoms with van der Waals surface area (Å²) in [6, 6.07) is 14.2. The van der Waals surface area contributed by atoms with Crippen molar-refractivity contribution >= 4 is 58.3 Å². The number of carbonyl (C=O) groups excluding carboxylic acids is 1.